The maximum atomic E-state index is 5.97. The molecule has 2 aromatic heterocycles. The molecule has 2 nitrogen and oxygen atoms in total. The summed E-state index contributed by atoms with van der Waals surface area (Å²) in [5.74, 6) is 0.766. The van der Waals surface area contributed by atoms with Crippen molar-refractivity contribution in [3.8, 4) is 0 Å². The Balaban J connectivity index is 2.09. The highest BCUT2D eigenvalue weighted by Gasteiger charge is 2.04. The van der Waals surface area contributed by atoms with E-state index in [4.69, 9.17) is 11.6 Å². The van der Waals surface area contributed by atoms with Gasteiger partial charge in [-0.1, -0.05) is 17.7 Å². The second kappa shape index (κ2) is 5.66. The van der Waals surface area contributed by atoms with Crippen LogP contribution >= 0.6 is 39.3 Å². The normalized spacial score (nSPS) is 10.4. The van der Waals surface area contributed by atoms with Crippen molar-refractivity contribution in [3.63, 3.8) is 0 Å². The van der Waals surface area contributed by atoms with Crippen molar-refractivity contribution >= 4 is 39.3 Å². The maximum Gasteiger partial charge on any atom is 0.133 e. The molecular formula is C11H8BrClN2S. The number of halogens is 2. The van der Waals surface area contributed by atoms with Crippen LogP contribution < -0.4 is 0 Å². The van der Waals surface area contributed by atoms with Gasteiger partial charge in [0, 0.05) is 22.6 Å². The molecule has 2 aromatic rings. The third-order valence-corrected chi connectivity index (χ3v) is 4.22. The third kappa shape index (κ3) is 2.97. The lowest BCUT2D eigenvalue weighted by Crippen LogP contribution is -1.87. The van der Waals surface area contributed by atoms with E-state index in [1.165, 1.54) is 0 Å². The molecule has 0 fully saturated rings. The van der Waals surface area contributed by atoms with Gasteiger partial charge in [-0.2, -0.15) is 0 Å². The molecule has 0 unspecified atom stereocenters. The van der Waals surface area contributed by atoms with Crippen molar-refractivity contribution in [1.82, 2.24) is 9.97 Å². The minimum absolute atomic E-state index is 0.557. The van der Waals surface area contributed by atoms with Crippen LogP contribution in [0.25, 0.3) is 0 Å². The first-order valence-corrected chi connectivity index (χ1v) is 6.76. The summed E-state index contributed by atoms with van der Waals surface area (Å²) in [5, 5.41) is 1.52. The summed E-state index contributed by atoms with van der Waals surface area (Å²) in [7, 11) is 0. The van der Waals surface area contributed by atoms with Crippen molar-refractivity contribution in [3.05, 3.63) is 51.8 Å². The van der Waals surface area contributed by atoms with Gasteiger partial charge < -0.3 is 0 Å². The van der Waals surface area contributed by atoms with Crippen LogP contribution in [-0.4, -0.2) is 9.97 Å². The van der Waals surface area contributed by atoms with Crippen molar-refractivity contribution in [2.75, 3.05) is 0 Å². The van der Waals surface area contributed by atoms with Gasteiger partial charge in [-0.25, -0.2) is 9.97 Å². The average molecular weight is 316 g/mol. The smallest absolute Gasteiger partial charge is 0.133 e. The van der Waals surface area contributed by atoms with Gasteiger partial charge in [-0.05, 0) is 39.7 Å². The number of hydrogen-bond donors (Lipinski definition) is 0. The Kier molecular flexibility index (Phi) is 4.21. The van der Waals surface area contributed by atoms with E-state index in [1.807, 2.05) is 24.3 Å². The summed E-state index contributed by atoms with van der Waals surface area (Å²) in [6.45, 7) is 0. The van der Waals surface area contributed by atoms with Crippen LogP contribution in [0.5, 0.6) is 0 Å². The summed E-state index contributed by atoms with van der Waals surface area (Å²) in [5.41, 5.74) is 1.02. The monoisotopic (exact) mass is 314 g/mol. The highest BCUT2D eigenvalue weighted by atomic mass is 79.9. The van der Waals surface area contributed by atoms with Gasteiger partial charge in [0.2, 0.25) is 0 Å². The highest BCUT2D eigenvalue weighted by molar-refractivity contribution is 9.10. The van der Waals surface area contributed by atoms with Crippen LogP contribution in [-0.2, 0) is 5.75 Å². The van der Waals surface area contributed by atoms with E-state index in [2.05, 4.69) is 25.9 Å². The Morgan fingerprint density at radius 3 is 2.69 bits per heavy atom. The summed E-state index contributed by atoms with van der Waals surface area (Å²) in [4.78, 5) is 8.31. The SMILES string of the molecule is Clc1ncccc1CSc1ncccc1Br. The zero-order valence-electron chi connectivity index (χ0n) is 8.23. The molecule has 2 heterocycles. The van der Waals surface area contributed by atoms with Gasteiger partial charge in [0.15, 0.2) is 0 Å². The second-order valence-corrected chi connectivity index (χ2v) is 5.21. The van der Waals surface area contributed by atoms with Crippen molar-refractivity contribution < 1.29 is 0 Å². The molecule has 2 rings (SSSR count). The number of pyridine rings is 2. The van der Waals surface area contributed by atoms with Gasteiger partial charge in [0.1, 0.15) is 10.2 Å². The molecule has 0 aliphatic heterocycles. The van der Waals surface area contributed by atoms with Gasteiger partial charge in [0.05, 0.1) is 0 Å². The van der Waals surface area contributed by atoms with Crippen LogP contribution in [0, 0.1) is 0 Å². The second-order valence-electron chi connectivity index (χ2n) is 3.03. The van der Waals surface area contributed by atoms with E-state index in [0.29, 0.717) is 5.15 Å². The molecule has 16 heavy (non-hydrogen) atoms. The number of hydrogen-bond acceptors (Lipinski definition) is 3. The molecule has 82 valence electrons. The molecule has 0 aliphatic carbocycles. The molecule has 0 bridgehead atoms. The molecule has 5 heteroatoms. The van der Waals surface area contributed by atoms with Crippen LogP contribution in [0.3, 0.4) is 0 Å². The van der Waals surface area contributed by atoms with E-state index in [9.17, 15) is 0 Å². The first-order valence-electron chi connectivity index (χ1n) is 4.60. The topological polar surface area (TPSA) is 25.8 Å². The van der Waals surface area contributed by atoms with E-state index in [1.54, 1.807) is 24.2 Å². The first-order chi connectivity index (χ1) is 7.77. The number of rotatable bonds is 3. The standard InChI is InChI=1S/C11H8BrClN2S/c12-9-4-2-6-15-11(9)16-7-8-3-1-5-14-10(8)13/h1-6H,7H2. The largest absolute Gasteiger partial charge is 0.249 e. The average Bonchev–Trinajstić information content (AvgIpc) is 2.30. The van der Waals surface area contributed by atoms with E-state index in [-0.39, 0.29) is 0 Å². The molecular weight excluding hydrogens is 308 g/mol. The Hall–Kier alpha value is -0.580. The lowest BCUT2D eigenvalue weighted by Gasteiger charge is -2.04. The zero-order chi connectivity index (χ0) is 11.4. The van der Waals surface area contributed by atoms with Gasteiger partial charge in [-0.15, -0.1) is 11.8 Å². The number of aromatic nitrogens is 2. The molecule has 0 saturated heterocycles. The fourth-order valence-corrected chi connectivity index (χ4v) is 2.88. The molecule has 0 atom stereocenters. The Morgan fingerprint density at radius 1 is 1.19 bits per heavy atom. The lowest BCUT2D eigenvalue weighted by atomic mass is 10.3. The minimum Gasteiger partial charge on any atom is -0.249 e. The fraction of sp³-hybridized carbons (Fsp3) is 0.0909. The summed E-state index contributed by atoms with van der Waals surface area (Å²) in [6, 6.07) is 7.72. The Bertz CT molecular complexity index is 447. The number of thioether (sulfide) groups is 1. The fourth-order valence-electron chi connectivity index (χ4n) is 1.15. The minimum atomic E-state index is 0.557. The van der Waals surface area contributed by atoms with Crippen LogP contribution in [0.1, 0.15) is 5.56 Å². The molecule has 0 spiro atoms. The molecule has 0 aliphatic rings. The molecule has 0 amide bonds. The van der Waals surface area contributed by atoms with Gasteiger partial charge in [-0.3, -0.25) is 0 Å². The highest BCUT2D eigenvalue weighted by Crippen LogP contribution is 2.29. The first kappa shape index (κ1) is 11.9. The molecule has 0 radical (unpaired) electrons. The Labute approximate surface area is 112 Å². The Morgan fingerprint density at radius 2 is 1.94 bits per heavy atom. The van der Waals surface area contributed by atoms with E-state index in [0.717, 1.165) is 20.8 Å². The summed E-state index contributed by atoms with van der Waals surface area (Å²) in [6.07, 6.45) is 3.46. The van der Waals surface area contributed by atoms with Gasteiger partial charge >= 0.3 is 0 Å². The van der Waals surface area contributed by atoms with Gasteiger partial charge in [0.25, 0.3) is 0 Å². The third-order valence-electron chi connectivity index (χ3n) is 1.93. The summed E-state index contributed by atoms with van der Waals surface area (Å²) < 4.78 is 1.00. The molecule has 0 N–H and O–H groups in total. The predicted molar refractivity (Wildman–Crippen MR) is 70.7 cm³/mol. The van der Waals surface area contributed by atoms with E-state index < -0.39 is 0 Å². The van der Waals surface area contributed by atoms with Crippen LogP contribution in [0.4, 0.5) is 0 Å². The maximum absolute atomic E-state index is 5.97. The lowest BCUT2D eigenvalue weighted by molar-refractivity contribution is 1.11. The van der Waals surface area contributed by atoms with E-state index >= 15 is 0 Å². The van der Waals surface area contributed by atoms with Crippen molar-refractivity contribution in [2.24, 2.45) is 0 Å². The van der Waals surface area contributed by atoms with Crippen molar-refractivity contribution in [2.45, 2.75) is 10.8 Å². The summed E-state index contributed by atoms with van der Waals surface area (Å²) >= 11 is 11.1. The van der Waals surface area contributed by atoms with Crippen LogP contribution in [0.15, 0.2) is 46.2 Å². The predicted octanol–water partition coefficient (Wildman–Crippen LogP) is 4.18. The molecule has 0 aromatic carbocycles. The van der Waals surface area contributed by atoms with Crippen molar-refractivity contribution in [1.29, 1.82) is 0 Å². The van der Waals surface area contributed by atoms with Crippen LogP contribution in [0.2, 0.25) is 5.15 Å². The zero-order valence-corrected chi connectivity index (χ0v) is 11.4. The quantitative estimate of drug-likeness (QED) is 0.627. The molecule has 0 saturated carbocycles. The number of nitrogens with zero attached hydrogens (tertiary/aromatic N) is 2.